The highest BCUT2D eigenvalue weighted by Gasteiger charge is 2.17. The van der Waals surface area contributed by atoms with Crippen molar-refractivity contribution in [2.24, 2.45) is 4.99 Å². The van der Waals surface area contributed by atoms with Crippen LogP contribution in [0, 0.1) is 0 Å². The first-order valence-corrected chi connectivity index (χ1v) is 8.82. The van der Waals surface area contributed by atoms with Gasteiger partial charge in [-0.1, -0.05) is 19.3 Å². The third-order valence-electron chi connectivity index (χ3n) is 4.60. The molecule has 1 fully saturated rings. The zero-order valence-corrected chi connectivity index (χ0v) is 13.6. The lowest BCUT2D eigenvalue weighted by Crippen LogP contribution is -2.44. The van der Waals surface area contributed by atoms with Crippen LogP contribution in [0.3, 0.4) is 0 Å². The zero-order chi connectivity index (χ0) is 15.2. The quantitative estimate of drug-likeness (QED) is 0.659. The molecule has 0 saturated heterocycles. The normalized spacial score (nSPS) is 19.8. The molecule has 0 bridgehead atoms. The van der Waals surface area contributed by atoms with E-state index in [0.717, 1.165) is 37.1 Å². The molecule has 0 radical (unpaired) electrons. The van der Waals surface area contributed by atoms with Gasteiger partial charge in [-0.05, 0) is 32.6 Å². The molecule has 22 heavy (non-hydrogen) atoms. The molecule has 2 heterocycles. The summed E-state index contributed by atoms with van der Waals surface area (Å²) in [5, 5.41) is 15.6. The summed E-state index contributed by atoms with van der Waals surface area (Å²) in [6, 6.07) is 0.568. The van der Waals surface area contributed by atoms with E-state index < -0.39 is 0 Å². The van der Waals surface area contributed by atoms with E-state index in [1.165, 1.54) is 44.9 Å². The Hall–Kier alpha value is -1.59. The van der Waals surface area contributed by atoms with Crippen molar-refractivity contribution in [3.05, 3.63) is 11.6 Å². The van der Waals surface area contributed by atoms with E-state index >= 15 is 0 Å². The second-order valence-corrected chi connectivity index (χ2v) is 6.32. The number of fused-ring (bicyclic) bond motifs is 1. The van der Waals surface area contributed by atoms with Gasteiger partial charge in [-0.15, -0.1) is 10.2 Å². The van der Waals surface area contributed by atoms with Crippen LogP contribution in [0.15, 0.2) is 4.99 Å². The second kappa shape index (κ2) is 7.61. The van der Waals surface area contributed by atoms with Crippen molar-refractivity contribution in [3.8, 4) is 0 Å². The molecule has 6 nitrogen and oxygen atoms in total. The van der Waals surface area contributed by atoms with Gasteiger partial charge in [0.15, 0.2) is 11.8 Å². The Kier molecular flexibility index (Phi) is 5.29. The number of aryl methyl sites for hydroxylation is 1. The molecule has 0 atom stereocenters. The molecule has 3 rings (SSSR count). The Morgan fingerprint density at radius 2 is 2.05 bits per heavy atom. The first kappa shape index (κ1) is 15.3. The second-order valence-electron chi connectivity index (χ2n) is 6.32. The maximum absolute atomic E-state index is 4.73. The highest BCUT2D eigenvalue weighted by atomic mass is 15.3. The molecule has 2 aliphatic rings. The zero-order valence-electron chi connectivity index (χ0n) is 13.6. The Balaban J connectivity index is 1.63. The van der Waals surface area contributed by atoms with Crippen LogP contribution in [-0.4, -0.2) is 33.3 Å². The lowest BCUT2D eigenvalue weighted by atomic mass is 9.96. The maximum atomic E-state index is 4.73. The summed E-state index contributed by atoms with van der Waals surface area (Å²) in [7, 11) is 0. The number of nitrogens with zero attached hydrogens (tertiary/aromatic N) is 4. The summed E-state index contributed by atoms with van der Waals surface area (Å²) in [5.41, 5.74) is 0. The maximum Gasteiger partial charge on any atom is 0.191 e. The summed E-state index contributed by atoms with van der Waals surface area (Å²) >= 11 is 0. The van der Waals surface area contributed by atoms with Gasteiger partial charge in [0, 0.05) is 25.6 Å². The molecule has 0 aromatic carbocycles. The van der Waals surface area contributed by atoms with Gasteiger partial charge < -0.3 is 15.2 Å². The van der Waals surface area contributed by atoms with Crippen LogP contribution in [-0.2, 0) is 19.5 Å². The van der Waals surface area contributed by atoms with Gasteiger partial charge in [0.05, 0.1) is 0 Å². The third kappa shape index (κ3) is 3.78. The minimum absolute atomic E-state index is 0.568. The van der Waals surface area contributed by atoms with E-state index in [9.17, 15) is 0 Å². The fraction of sp³-hybridized carbons (Fsp3) is 0.812. The lowest BCUT2D eigenvalue weighted by Gasteiger charge is -2.24. The van der Waals surface area contributed by atoms with Crippen molar-refractivity contribution in [2.75, 3.05) is 6.54 Å². The number of hydrogen-bond acceptors (Lipinski definition) is 3. The van der Waals surface area contributed by atoms with Crippen molar-refractivity contribution in [2.45, 2.75) is 77.4 Å². The number of guanidine groups is 1. The monoisotopic (exact) mass is 304 g/mol. The van der Waals surface area contributed by atoms with Crippen molar-refractivity contribution < 1.29 is 0 Å². The molecule has 1 aliphatic heterocycles. The number of hydrogen-bond donors (Lipinski definition) is 2. The predicted molar refractivity (Wildman–Crippen MR) is 87.8 cm³/mol. The molecule has 0 unspecified atom stereocenters. The Morgan fingerprint density at radius 3 is 2.86 bits per heavy atom. The topological polar surface area (TPSA) is 67.1 Å². The highest BCUT2D eigenvalue weighted by molar-refractivity contribution is 5.80. The van der Waals surface area contributed by atoms with Gasteiger partial charge in [-0.3, -0.25) is 0 Å². The number of nitrogens with one attached hydrogen (secondary N) is 2. The van der Waals surface area contributed by atoms with Crippen molar-refractivity contribution >= 4 is 5.96 Å². The van der Waals surface area contributed by atoms with Gasteiger partial charge in [0.1, 0.15) is 12.4 Å². The van der Waals surface area contributed by atoms with Gasteiger partial charge in [0.25, 0.3) is 0 Å². The number of rotatable bonds is 4. The Morgan fingerprint density at radius 1 is 1.18 bits per heavy atom. The van der Waals surface area contributed by atoms with E-state index in [0.29, 0.717) is 12.6 Å². The summed E-state index contributed by atoms with van der Waals surface area (Å²) in [5.74, 6) is 3.04. The average Bonchev–Trinajstić information content (AvgIpc) is 2.97. The van der Waals surface area contributed by atoms with Crippen LogP contribution in [0.1, 0.15) is 63.5 Å². The number of aliphatic imine (C=N–C) groups is 1. The van der Waals surface area contributed by atoms with Crippen LogP contribution in [0.4, 0.5) is 0 Å². The standard InChI is InChI=1S/C16H28N6/c1-2-17-16(19-13-8-4-3-5-9-13)18-12-15-21-20-14-10-6-7-11-22(14)15/h13H,2-12H2,1H3,(H2,17,18,19). The molecule has 6 heteroatoms. The van der Waals surface area contributed by atoms with Crippen LogP contribution < -0.4 is 10.6 Å². The summed E-state index contributed by atoms with van der Waals surface area (Å²) in [6.07, 6.45) is 10.0. The van der Waals surface area contributed by atoms with Crippen LogP contribution in [0.2, 0.25) is 0 Å². The largest absolute Gasteiger partial charge is 0.357 e. The van der Waals surface area contributed by atoms with Crippen LogP contribution in [0.25, 0.3) is 0 Å². The lowest BCUT2D eigenvalue weighted by molar-refractivity contribution is 0.410. The van der Waals surface area contributed by atoms with E-state index in [1.54, 1.807) is 0 Å². The minimum Gasteiger partial charge on any atom is -0.357 e. The van der Waals surface area contributed by atoms with Crippen LogP contribution in [0.5, 0.6) is 0 Å². The van der Waals surface area contributed by atoms with Gasteiger partial charge in [-0.25, -0.2) is 4.99 Å². The number of aromatic nitrogens is 3. The van der Waals surface area contributed by atoms with E-state index in [4.69, 9.17) is 4.99 Å². The highest BCUT2D eigenvalue weighted by Crippen LogP contribution is 2.17. The van der Waals surface area contributed by atoms with E-state index in [1.807, 2.05) is 0 Å². The first-order valence-electron chi connectivity index (χ1n) is 8.82. The van der Waals surface area contributed by atoms with E-state index in [-0.39, 0.29) is 0 Å². The minimum atomic E-state index is 0.568. The van der Waals surface area contributed by atoms with Gasteiger partial charge in [0.2, 0.25) is 0 Å². The van der Waals surface area contributed by atoms with Crippen molar-refractivity contribution in [1.82, 2.24) is 25.4 Å². The molecule has 1 saturated carbocycles. The third-order valence-corrected chi connectivity index (χ3v) is 4.60. The summed E-state index contributed by atoms with van der Waals surface area (Å²) < 4.78 is 2.25. The molecule has 1 aromatic heterocycles. The molecule has 1 aliphatic carbocycles. The fourth-order valence-corrected chi connectivity index (χ4v) is 3.40. The van der Waals surface area contributed by atoms with Gasteiger partial charge >= 0.3 is 0 Å². The molecule has 2 N–H and O–H groups in total. The molecule has 122 valence electrons. The average molecular weight is 304 g/mol. The van der Waals surface area contributed by atoms with Crippen molar-refractivity contribution in [3.63, 3.8) is 0 Å². The van der Waals surface area contributed by atoms with Crippen LogP contribution >= 0.6 is 0 Å². The summed E-state index contributed by atoms with van der Waals surface area (Å²) in [4.78, 5) is 4.73. The fourth-order valence-electron chi connectivity index (χ4n) is 3.40. The van der Waals surface area contributed by atoms with E-state index in [2.05, 4.69) is 32.3 Å². The first-order chi connectivity index (χ1) is 10.9. The smallest absolute Gasteiger partial charge is 0.191 e. The molecule has 0 spiro atoms. The Bertz CT molecular complexity index is 501. The van der Waals surface area contributed by atoms with Crippen molar-refractivity contribution in [1.29, 1.82) is 0 Å². The Labute approximate surface area is 132 Å². The molecule has 0 amide bonds. The SMILES string of the molecule is CCNC(=NCc1nnc2n1CCCC2)NC1CCCCC1. The predicted octanol–water partition coefficient (Wildman–Crippen LogP) is 2.00. The molecule has 1 aromatic rings. The molecular formula is C16H28N6. The van der Waals surface area contributed by atoms with Gasteiger partial charge in [-0.2, -0.15) is 0 Å². The summed E-state index contributed by atoms with van der Waals surface area (Å²) in [6.45, 7) is 4.64. The molecular weight excluding hydrogens is 276 g/mol.